The Hall–Kier alpha value is -2.20. The van der Waals surface area contributed by atoms with Gasteiger partial charge in [-0.25, -0.2) is 0 Å². The molecule has 1 heterocycles. The van der Waals surface area contributed by atoms with E-state index in [0.717, 1.165) is 28.4 Å². The Balaban J connectivity index is 1.68. The summed E-state index contributed by atoms with van der Waals surface area (Å²) in [4.78, 5) is 0. The lowest BCUT2D eigenvalue weighted by Gasteiger charge is -2.19. The van der Waals surface area contributed by atoms with Crippen LogP contribution in [0.2, 0.25) is 0 Å². The van der Waals surface area contributed by atoms with Gasteiger partial charge in [0.15, 0.2) is 11.5 Å². The predicted octanol–water partition coefficient (Wildman–Crippen LogP) is 2.53. The van der Waals surface area contributed by atoms with Crippen molar-refractivity contribution < 1.29 is 19.3 Å². The molecule has 3 rings (SSSR count). The lowest BCUT2D eigenvalue weighted by molar-refractivity contribution is 0.171. The van der Waals surface area contributed by atoms with Crippen LogP contribution in [0.5, 0.6) is 17.2 Å². The summed E-state index contributed by atoms with van der Waals surface area (Å²) in [5.74, 6) is 2.29. The van der Waals surface area contributed by atoms with Crippen molar-refractivity contribution in [3.8, 4) is 17.2 Å². The number of aliphatic hydroxyl groups excluding tert-OH is 1. The topological polar surface area (TPSA) is 47.9 Å². The number of benzene rings is 2. The van der Waals surface area contributed by atoms with E-state index in [1.165, 1.54) is 0 Å². The van der Waals surface area contributed by atoms with Gasteiger partial charge in [0.1, 0.15) is 25.6 Å². The minimum Gasteiger partial charge on any atom is -0.489 e. The van der Waals surface area contributed by atoms with Gasteiger partial charge in [-0.15, -0.1) is 0 Å². The van der Waals surface area contributed by atoms with Crippen molar-refractivity contribution in [3.63, 3.8) is 0 Å². The summed E-state index contributed by atoms with van der Waals surface area (Å²) in [6.45, 7) is 1.64. The number of hydrogen-bond donors (Lipinski definition) is 1. The second-order valence-corrected chi connectivity index (χ2v) is 4.57. The molecule has 2 aromatic carbocycles. The van der Waals surface area contributed by atoms with Gasteiger partial charge in [0.2, 0.25) is 0 Å². The Labute approximate surface area is 117 Å². The first-order valence-electron chi connectivity index (χ1n) is 6.56. The molecule has 0 saturated carbocycles. The molecule has 1 aliphatic rings. The van der Waals surface area contributed by atoms with Crippen molar-refractivity contribution >= 4 is 0 Å². The van der Waals surface area contributed by atoms with Crippen LogP contribution in [-0.2, 0) is 13.2 Å². The van der Waals surface area contributed by atoms with Crippen LogP contribution >= 0.6 is 0 Å². The SMILES string of the molecule is OCc1cccc(OCc2ccc3c(c2)OCCO3)c1. The first-order valence-corrected chi connectivity index (χ1v) is 6.56. The zero-order valence-electron chi connectivity index (χ0n) is 11.0. The van der Waals surface area contributed by atoms with Crippen molar-refractivity contribution in [2.24, 2.45) is 0 Å². The highest BCUT2D eigenvalue weighted by molar-refractivity contribution is 5.43. The molecule has 20 heavy (non-hydrogen) atoms. The van der Waals surface area contributed by atoms with E-state index >= 15 is 0 Å². The molecular formula is C16H16O4. The number of hydrogen-bond acceptors (Lipinski definition) is 4. The molecule has 1 N–H and O–H groups in total. The largest absolute Gasteiger partial charge is 0.489 e. The predicted molar refractivity (Wildman–Crippen MR) is 74.1 cm³/mol. The normalized spacial score (nSPS) is 13.1. The molecule has 0 amide bonds. The van der Waals surface area contributed by atoms with Gasteiger partial charge >= 0.3 is 0 Å². The highest BCUT2D eigenvalue weighted by Crippen LogP contribution is 2.31. The highest BCUT2D eigenvalue weighted by Gasteiger charge is 2.11. The van der Waals surface area contributed by atoms with Crippen LogP contribution in [0.1, 0.15) is 11.1 Å². The van der Waals surface area contributed by atoms with E-state index < -0.39 is 0 Å². The van der Waals surface area contributed by atoms with Gasteiger partial charge in [-0.1, -0.05) is 18.2 Å². The maximum Gasteiger partial charge on any atom is 0.161 e. The zero-order valence-corrected chi connectivity index (χ0v) is 11.0. The fourth-order valence-corrected chi connectivity index (χ4v) is 2.08. The Morgan fingerprint density at radius 2 is 1.80 bits per heavy atom. The van der Waals surface area contributed by atoms with Gasteiger partial charge in [0.05, 0.1) is 6.61 Å². The van der Waals surface area contributed by atoms with Gasteiger partial charge in [-0.2, -0.15) is 0 Å². The Morgan fingerprint density at radius 1 is 0.950 bits per heavy atom. The molecule has 104 valence electrons. The molecule has 1 aliphatic heterocycles. The van der Waals surface area contributed by atoms with E-state index in [4.69, 9.17) is 19.3 Å². The third-order valence-electron chi connectivity index (χ3n) is 3.09. The summed E-state index contributed by atoms with van der Waals surface area (Å²) in [5, 5.41) is 9.09. The molecule has 0 spiro atoms. The van der Waals surface area contributed by atoms with Crippen LogP contribution < -0.4 is 14.2 Å². The van der Waals surface area contributed by atoms with Crippen LogP contribution in [0.25, 0.3) is 0 Å². The van der Waals surface area contributed by atoms with Crippen molar-refractivity contribution in [1.82, 2.24) is 0 Å². The summed E-state index contributed by atoms with van der Waals surface area (Å²) in [5.41, 5.74) is 1.85. The van der Waals surface area contributed by atoms with Crippen molar-refractivity contribution in [3.05, 3.63) is 53.6 Å². The molecule has 2 aromatic rings. The Morgan fingerprint density at radius 3 is 2.65 bits per heavy atom. The lowest BCUT2D eigenvalue weighted by atomic mass is 10.2. The summed E-state index contributed by atoms with van der Waals surface area (Å²) < 4.78 is 16.7. The summed E-state index contributed by atoms with van der Waals surface area (Å²) >= 11 is 0. The number of ether oxygens (including phenoxy) is 3. The van der Waals surface area contributed by atoms with E-state index in [-0.39, 0.29) is 6.61 Å². The van der Waals surface area contributed by atoms with Crippen LogP contribution in [0, 0.1) is 0 Å². The molecule has 0 unspecified atom stereocenters. The van der Waals surface area contributed by atoms with Crippen molar-refractivity contribution in [2.45, 2.75) is 13.2 Å². The van der Waals surface area contributed by atoms with Crippen molar-refractivity contribution in [2.75, 3.05) is 13.2 Å². The molecule has 4 nitrogen and oxygen atoms in total. The van der Waals surface area contributed by atoms with Crippen LogP contribution in [0.4, 0.5) is 0 Å². The molecule has 4 heteroatoms. The number of fused-ring (bicyclic) bond motifs is 1. The quantitative estimate of drug-likeness (QED) is 0.929. The molecule has 0 fully saturated rings. The number of rotatable bonds is 4. The maximum atomic E-state index is 9.09. The lowest BCUT2D eigenvalue weighted by Crippen LogP contribution is -2.15. The second kappa shape index (κ2) is 5.84. The van der Waals surface area contributed by atoms with Crippen LogP contribution in [0.15, 0.2) is 42.5 Å². The molecule has 0 bridgehead atoms. The van der Waals surface area contributed by atoms with Gasteiger partial charge in [0, 0.05) is 0 Å². The average Bonchev–Trinajstić information content (AvgIpc) is 2.53. The molecule has 0 atom stereocenters. The summed E-state index contributed by atoms with van der Waals surface area (Å²) in [7, 11) is 0. The first kappa shape index (κ1) is 12.8. The van der Waals surface area contributed by atoms with Crippen LogP contribution in [-0.4, -0.2) is 18.3 Å². The standard InChI is InChI=1S/C16H16O4/c17-10-12-2-1-3-14(8-12)20-11-13-4-5-15-16(9-13)19-7-6-18-15/h1-5,8-9,17H,6-7,10-11H2. The summed E-state index contributed by atoms with van der Waals surface area (Å²) in [6, 6.07) is 13.2. The molecule has 0 aromatic heterocycles. The Kier molecular flexibility index (Phi) is 3.74. The first-order chi connectivity index (χ1) is 9.85. The maximum absolute atomic E-state index is 9.09. The van der Waals surface area contributed by atoms with E-state index in [9.17, 15) is 0 Å². The minimum absolute atomic E-state index is 0.0151. The summed E-state index contributed by atoms with van der Waals surface area (Å²) in [6.07, 6.45) is 0. The highest BCUT2D eigenvalue weighted by atomic mass is 16.6. The van der Waals surface area contributed by atoms with Gasteiger partial charge < -0.3 is 19.3 Å². The minimum atomic E-state index is 0.0151. The van der Waals surface area contributed by atoms with Crippen LogP contribution in [0.3, 0.4) is 0 Å². The third-order valence-corrected chi connectivity index (χ3v) is 3.09. The van der Waals surface area contributed by atoms with E-state index in [1.807, 2.05) is 42.5 Å². The van der Waals surface area contributed by atoms with E-state index in [1.54, 1.807) is 0 Å². The van der Waals surface area contributed by atoms with E-state index in [2.05, 4.69) is 0 Å². The van der Waals surface area contributed by atoms with Gasteiger partial charge in [-0.05, 0) is 35.4 Å². The third kappa shape index (κ3) is 2.86. The Bertz CT molecular complexity index is 595. The average molecular weight is 272 g/mol. The van der Waals surface area contributed by atoms with Gasteiger partial charge in [0.25, 0.3) is 0 Å². The van der Waals surface area contributed by atoms with E-state index in [0.29, 0.717) is 19.8 Å². The second-order valence-electron chi connectivity index (χ2n) is 4.57. The molecule has 0 radical (unpaired) electrons. The van der Waals surface area contributed by atoms with Crippen molar-refractivity contribution in [1.29, 1.82) is 0 Å². The number of aliphatic hydroxyl groups is 1. The fourth-order valence-electron chi connectivity index (χ4n) is 2.08. The smallest absolute Gasteiger partial charge is 0.161 e. The zero-order chi connectivity index (χ0) is 13.8. The monoisotopic (exact) mass is 272 g/mol. The molecule has 0 saturated heterocycles. The molecule has 0 aliphatic carbocycles. The fraction of sp³-hybridized carbons (Fsp3) is 0.250. The molecular weight excluding hydrogens is 256 g/mol. The van der Waals surface area contributed by atoms with Gasteiger partial charge in [-0.3, -0.25) is 0 Å².